The Morgan fingerprint density at radius 2 is 2.09 bits per heavy atom. The summed E-state index contributed by atoms with van der Waals surface area (Å²) in [5.74, 6) is -0.743. The smallest absolute Gasteiger partial charge is 0.322 e. The number of carboxylic acids is 1. The SMILES string of the molecule is COc1cc(C)c(S(=O)(=O)N2CCCC[C@@H]2C(=O)O)cc1Cl. The first-order valence-electron chi connectivity index (χ1n) is 6.88. The van der Waals surface area contributed by atoms with Crippen LogP contribution in [0.15, 0.2) is 17.0 Å². The zero-order valence-electron chi connectivity index (χ0n) is 12.4. The third-order valence-electron chi connectivity index (χ3n) is 3.77. The number of benzene rings is 1. The van der Waals surface area contributed by atoms with Crippen molar-refractivity contribution in [2.24, 2.45) is 0 Å². The van der Waals surface area contributed by atoms with Gasteiger partial charge in [-0.25, -0.2) is 8.42 Å². The van der Waals surface area contributed by atoms with Crippen LogP contribution < -0.4 is 4.74 Å². The molecule has 0 amide bonds. The highest BCUT2D eigenvalue weighted by atomic mass is 35.5. The Labute approximate surface area is 134 Å². The summed E-state index contributed by atoms with van der Waals surface area (Å²) in [5.41, 5.74) is 0.468. The van der Waals surface area contributed by atoms with Gasteiger partial charge in [-0.05, 0) is 43.9 Å². The van der Waals surface area contributed by atoms with E-state index in [1.165, 1.54) is 19.2 Å². The zero-order chi connectivity index (χ0) is 16.5. The number of carbonyl (C=O) groups is 1. The van der Waals surface area contributed by atoms with Gasteiger partial charge in [-0.2, -0.15) is 4.31 Å². The van der Waals surface area contributed by atoms with Crippen LogP contribution in [0.3, 0.4) is 0 Å². The lowest BCUT2D eigenvalue weighted by molar-refractivity contribution is -0.142. The van der Waals surface area contributed by atoms with Gasteiger partial charge >= 0.3 is 5.97 Å². The Morgan fingerprint density at radius 1 is 1.41 bits per heavy atom. The highest BCUT2D eigenvalue weighted by Crippen LogP contribution is 2.33. The highest BCUT2D eigenvalue weighted by molar-refractivity contribution is 7.89. The molecule has 2 rings (SSSR count). The van der Waals surface area contributed by atoms with E-state index >= 15 is 0 Å². The van der Waals surface area contributed by atoms with Crippen LogP contribution in [0.4, 0.5) is 0 Å². The van der Waals surface area contributed by atoms with Crippen LogP contribution in [-0.2, 0) is 14.8 Å². The van der Waals surface area contributed by atoms with Crippen molar-refractivity contribution in [1.82, 2.24) is 4.31 Å². The maximum atomic E-state index is 12.8. The second kappa shape index (κ2) is 6.44. The standard InChI is InChI=1S/C14H18ClNO5S/c1-9-7-12(21-2)10(15)8-13(9)22(19,20)16-6-4-3-5-11(16)14(17)18/h7-8,11H,3-6H2,1-2H3,(H,17,18)/t11-/m1/s1. The first-order chi connectivity index (χ1) is 10.3. The lowest BCUT2D eigenvalue weighted by atomic mass is 10.1. The molecule has 1 fully saturated rings. The molecule has 1 heterocycles. The molecule has 1 atom stereocenters. The van der Waals surface area contributed by atoms with E-state index in [9.17, 15) is 18.3 Å². The van der Waals surface area contributed by atoms with E-state index in [2.05, 4.69) is 0 Å². The highest BCUT2D eigenvalue weighted by Gasteiger charge is 2.38. The average molecular weight is 348 g/mol. The molecule has 0 unspecified atom stereocenters. The Bertz CT molecular complexity index is 689. The fourth-order valence-electron chi connectivity index (χ4n) is 2.64. The summed E-state index contributed by atoms with van der Waals surface area (Å²) in [6, 6.07) is 1.83. The molecule has 122 valence electrons. The number of nitrogens with zero attached hydrogens (tertiary/aromatic N) is 1. The number of hydrogen-bond donors (Lipinski definition) is 1. The maximum absolute atomic E-state index is 12.8. The van der Waals surface area contributed by atoms with E-state index in [1.54, 1.807) is 6.92 Å². The van der Waals surface area contributed by atoms with Gasteiger partial charge in [0.25, 0.3) is 0 Å². The summed E-state index contributed by atoms with van der Waals surface area (Å²) in [6.07, 6.45) is 1.66. The number of piperidine rings is 1. The minimum absolute atomic E-state index is 0.0199. The first-order valence-corrected chi connectivity index (χ1v) is 8.69. The fourth-order valence-corrected chi connectivity index (χ4v) is 4.83. The number of hydrogen-bond acceptors (Lipinski definition) is 4. The van der Waals surface area contributed by atoms with Crippen LogP contribution in [0.2, 0.25) is 5.02 Å². The summed E-state index contributed by atoms with van der Waals surface area (Å²) in [7, 11) is -2.48. The van der Waals surface area contributed by atoms with Gasteiger partial charge in [-0.3, -0.25) is 4.79 Å². The maximum Gasteiger partial charge on any atom is 0.322 e. The van der Waals surface area contributed by atoms with Gasteiger partial charge < -0.3 is 9.84 Å². The summed E-state index contributed by atoms with van der Waals surface area (Å²) in [6.45, 7) is 1.83. The number of carboxylic acid groups (broad SMARTS) is 1. The van der Waals surface area contributed by atoms with E-state index in [0.717, 1.165) is 4.31 Å². The minimum Gasteiger partial charge on any atom is -0.495 e. The molecule has 1 aromatic carbocycles. The number of aliphatic carboxylic acids is 1. The van der Waals surface area contributed by atoms with Crippen LogP contribution in [0, 0.1) is 6.92 Å². The molecule has 0 aromatic heterocycles. The molecule has 8 heteroatoms. The van der Waals surface area contributed by atoms with Crippen molar-refractivity contribution in [2.75, 3.05) is 13.7 Å². The quantitative estimate of drug-likeness (QED) is 0.903. The molecule has 0 aliphatic carbocycles. The van der Waals surface area contributed by atoms with E-state index in [-0.39, 0.29) is 16.5 Å². The van der Waals surface area contributed by atoms with Crippen molar-refractivity contribution >= 4 is 27.6 Å². The predicted octanol–water partition coefficient (Wildman–Crippen LogP) is 2.28. The molecule has 6 nitrogen and oxygen atoms in total. The van der Waals surface area contributed by atoms with E-state index < -0.39 is 22.0 Å². The van der Waals surface area contributed by atoms with Gasteiger partial charge in [0.2, 0.25) is 10.0 Å². The number of ether oxygens (including phenoxy) is 1. The molecule has 1 saturated heterocycles. The molecule has 22 heavy (non-hydrogen) atoms. The van der Waals surface area contributed by atoms with Crippen molar-refractivity contribution in [3.05, 3.63) is 22.7 Å². The largest absolute Gasteiger partial charge is 0.495 e. The molecule has 0 radical (unpaired) electrons. The van der Waals surface area contributed by atoms with Gasteiger partial charge in [0.05, 0.1) is 17.0 Å². The van der Waals surface area contributed by atoms with Gasteiger partial charge in [0, 0.05) is 6.54 Å². The zero-order valence-corrected chi connectivity index (χ0v) is 13.9. The summed E-state index contributed by atoms with van der Waals surface area (Å²) < 4.78 is 31.8. The fraction of sp³-hybridized carbons (Fsp3) is 0.500. The molecular formula is C14H18ClNO5S. The van der Waals surface area contributed by atoms with Crippen LogP contribution in [0.25, 0.3) is 0 Å². The van der Waals surface area contributed by atoms with Crippen LogP contribution >= 0.6 is 11.6 Å². The second-order valence-corrected chi connectivity index (χ2v) is 7.48. The summed E-state index contributed by atoms with van der Waals surface area (Å²) in [5, 5.41) is 9.45. The van der Waals surface area contributed by atoms with E-state index in [1.807, 2.05) is 0 Å². The van der Waals surface area contributed by atoms with Crippen molar-refractivity contribution < 1.29 is 23.1 Å². The van der Waals surface area contributed by atoms with Crippen molar-refractivity contribution in [3.63, 3.8) is 0 Å². The van der Waals surface area contributed by atoms with Gasteiger partial charge in [0.1, 0.15) is 11.8 Å². The average Bonchev–Trinajstić information content (AvgIpc) is 2.48. The molecule has 1 aliphatic rings. The lowest BCUT2D eigenvalue weighted by Crippen LogP contribution is -2.47. The lowest BCUT2D eigenvalue weighted by Gasteiger charge is -2.32. The number of aryl methyl sites for hydroxylation is 1. The second-order valence-electron chi connectivity index (χ2n) is 5.22. The van der Waals surface area contributed by atoms with Crippen molar-refractivity contribution in [1.29, 1.82) is 0 Å². The molecule has 1 aromatic rings. The van der Waals surface area contributed by atoms with Crippen LogP contribution in [0.5, 0.6) is 5.75 Å². The summed E-state index contributed by atoms with van der Waals surface area (Å²) in [4.78, 5) is 11.4. The molecular weight excluding hydrogens is 330 g/mol. The monoisotopic (exact) mass is 347 g/mol. The molecule has 0 spiro atoms. The number of rotatable bonds is 4. The predicted molar refractivity (Wildman–Crippen MR) is 81.9 cm³/mol. The molecule has 0 saturated carbocycles. The Kier molecular flexibility index (Phi) is 4.99. The molecule has 0 bridgehead atoms. The van der Waals surface area contributed by atoms with Crippen LogP contribution in [-0.4, -0.2) is 43.5 Å². The number of halogens is 1. The van der Waals surface area contributed by atoms with E-state index in [0.29, 0.717) is 30.6 Å². The van der Waals surface area contributed by atoms with Crippen molar-refractivity contribution in [3.8, 4) is 5.75 Å². The summed E-state index contributed by atoms with van der Waals surface area (Å²) >= 11 is 6.02. The third kappa shape index (κ3) is 3.06. The topological polar surface area (TPSA) is 83.9 Å². The van der Waals surface area contributed by atoms with Crippen LogP contribution in [0.1, 0.15) is 24.8 Å². The number of sulfonamides is 1. The number of methoxy groups -OCH3 is 1. The Balaban J connectivity index is 2.50. The van der Waals surface area contributed by atoms with Gasteiger partial charge in [-0.15, -0.1) is 0 Å². The minimum atomic E-state index is -3.92. The van der Waals surface area contributed by atoms with E-state index in [4.69, 9.17) is 16.3 Å². The molecule has 1 N–H and O–H groups in total. The third-order valence-corrected chi connectivity index (χ3v) is 6.12. The van der Waals surface area contributed by atoms with Gasteiger partial charge in [0.15, 0.2) is 0 Å². The first kappa shape index (κ1) is 17.1. The Hall–Kier alpha value is -1.31. The Morgan fingerprint density at radius 3 is 2.68 bits per heavy atom. The normalized spacial score (nSPS) is 19.9. The van der Waals surface area contributed by atoms with Gasteiger partial charge in [-0.1, -0.05) is 11.6 Å². The molecule has 1 aliphatic heterocycles. The van der Waals surface area contributed by atoms with Crippen molar-refractivity contribution in [2.45, 2.75) is 37.1 Å².